The number of amides is 6. The maximum Gasteiger partial charge on any atom is 0.258 e. The Balaban J connectivity index is 1.53. The number of hydrogen-bond donors (Lipinski definition) is 6. The Kier molecular flexibility index (Phi) is 17.8. The van der Waals surface area contributed by atoms with Crippen LogP contribution >= 0.6 is 0 Å². The van der Waals surface area contributed by atoms with Crippen LogP contribution in [-0.2, 0) is 19.2 Å². The third-order valence-corrected chi connectivity index (χ3v) is 11.3. The summed E-state index contributed by atoms with van der Waals surface area (Å²) in [5.74, 6) is -1.06. The minimum absolute atomic E-state index is 0.0163. The van der Waals surface area contributed by atoms with Crippen LogP contribution in [0.25, 0.3) is 0 Å². The minimum Gasteiger partial charge on any atom is -0.496 e. The molecule has 0 unspecified atom stereocenters. The van der Waals surface area contributed by atoms with Gasteiger partial charge >= 0.3 is 0 Å². The van der Waals surface area contributed by atoms with Crippen LogP contribution in [0.1, 0.15) is 73.1 Å². The van der Waals surface area contributed by atoms with Crippen LogP contribution in [0.15, 0.2) is 36.4 Å². The Morgan fingerprint density at radius 1 is 0.600 bits per heavy atom. The zero-order valence-electron chi connectivity index (χ0n) is 36.0. The predicted octanol–water partition coefficient (Wildman–Crippen LogP) is 0.828. The molecule has 0 aliphatic carbocycles. The molecule has 2 saturated heterocycles. The molecule has 0 spiro atoms. The summed E-state index contributed by atoms with van der Waals surface area (Å²) in [7, 11) is 9.11. The Morgan fingerprint density at radius 2 is 0.933 bits per heavy atom. The minimum atomic E-state index is -1.06. The van der Waals surface area contributed by atoms with Gasteiger partial charge in [0.1, 0.15) is 46.2 Å². The smallest absolute Gasteiger partial charge is 0.258 e. The molecule has 0 aromatic heterocycles. The Morgan fingerprint density at radius 3 is 1.23 bits per heavy atom. The van der Waals surface area contributed by atoms with Crippen LogP contribution in [0.5, 0.6) is 23.0 Å². The van der Waals surface area contributed by atoms with Crippen LogP contribution in [0, 0.1) is 0 Å². The van der Waals surface area contributed by atoms with Crippen LogP contribution < -0.4 is 50.8 Å². The van der Waals surface area contributed by atoms with E-state index >= 15 is 0 Å². The molecular weight excluding hydrogens is 777 g/mol. The number of methoxy groups -OCH3 is 4. The van der Waals surface area contributed by atoms with E-state index < -0.39 is 47.8 Å². The third kappa shape index (κ3) is 11.6. The molecule has 330 valence electrons. The lowest BCUT2D eigenvalue weighted by Crippen LogP contribution is -2.57. The van der Waals surface area contributed by atoms with E-state index in [0.29, 0.717) is 61.8 Å². The fourth-order valence-electron chi connectivity index (χ4n) is 7.53. The molecule has 18 nitrogen and oxygen atoms in total. The first kappa shape index (κ1) is 47.1. The lowest BCUT2D eigenvalue weighted by Gasteiger charge is -2.32. The molecule has 6 N–H and O–H groups in total. The summed E-state index contributed by atoms with van der Waals surface area (Å²) >= 11 is 0. The second-order valence-corrected chi connectivity index (χ2v) is 14.9. The highest BCUT2D eigenvalue weighted by Crippen LogP contribution is 2.30. The first-order valence-electron chi connectivity index (χ1n) is 20.4. The Bertz CT molecular complexity index is 1650. The summed E-state index contributed by atoms with van der Waals surface area (Å²) in [5, 5.41) is 17.4. The topological polar surface area (TPSA) is 218 Å². The number of carbonyl (C=O) groups is 6. The zero-order valence-corrected chi connectivity index (χ0v) is 36.0. The molecule has 2 fully saturated rings. The standard InChI is InChI=1S/C42H62N8O10/c1-25(43-3)37(51)47-29(41(55)49-21-11-13-27(49)23-45-39(53)35-31(57-5)15-9-16-32(35)58-6)19-20-30(48-38(52)26(2)44-4)42(56)50-22-12-14-28(50)24-46-40(54)36-33(59-7)17-10-18-34(36)60-8/h9-10,15-18,25-30,43-44H,11-14,19-24H2,1-8H3,(H,45,53)(H,46,54)(H,47,51)(H,48,52)/t25-,26-,27-,28-,29-,30-/m0/s1. The van der Waals surface area contributed by atoms with Crippen molar-refractivity contribution in [1.29, 1.82) is 0 Å². The maximum absolute atomic E-state index is 14.4. The summed E-state index contributed by atoms with van der Waals surface area (Å²) in [6, 6.07) is 5.92. The van der Waals surface area contributed by atoms with E-state index in [0.717, 1.165) is 0 Å². The third-order valence-electron chi connectivity index (χ3n) is 11.3. The Labute approximate surface area is 352 Å². The molecule has 6 amide bonds. The lowest BCUT2D eigenvalue weighted by atomic mass is 10.0. The number of likely N-dealkylation sites (N-methyl/N-ethyl adjacent to an activating group) is 2. The van der Waals surface area contributed by atoms with Crippen LogP contribution in [0.4, 0.5) is 0 Å². The number of nitrogens with zero attached hydrogens (tertiary/aromatic N) is 2. The highest BCUT2D eigenvalue weighted by molar-refractivity contribution is 6.00. The first-order valence-corrected chi connectivity index (χ1v) is 20.4. The van der Waals surface area contributed by atoms with Crippen LogP contribution in [0.3, 0.4) is 0 Å². The zero-order chi connectivity index (χ0) is 43.9. The van der Waals surface area contributed by atoms with Gasteiger partial charge in [-0.25, -0.2) is 0 Å². The average Bonchev–Trinajstić information content (AvgIpc) is 3.96. The number of ether oxygens (including phenoxy) is 4. The van der Waals surface area contributed by atoms with Crippen LogP contribution in [0.2, 0.25) is 0 Å². The van der Waals surface area contributed by atoms with Crippen molar-refractivity contribution in [2.45, 2.75) is 88.6 Å². The van der Waals surface area contributed by atoms with Crippen molar-refractivity contribution in [3.8, 4) is 23.0 Å². The number of rotatable bonds is 21. The molecule has 4 rings (SSSR count). The van der Waals surface area contributed by atoms with Crippen molar-refractivity contribution in [2.24, 2.45) is 0 Å². The lowest BCUT2D eigenvalue weighted by molar-refractivity contribution is -0.139. The SMILES string of the molecule is CN[C@@H](C)C(=O)N[C@@H](CC[C@H](NC(=O)[C@H](C)NC)C(=O)N1CCC[C@H]1CNC(=O)c1c(OC)cccc1OC)C(=O)N1CCC[C@H]1CNC(=O)c1c(OC)cccc1OC. The highest BCUT2D eigenvalue weighted by Gasteiger charge is 2.38. The molecule has 0 bridgehead atoms. The predicted molar refractivity (Wildman–Crippen MR) is 223 cm³/mol. The van der Waals surface area contributed by atoms with Crippen molar-refractivity contribution >= 4 is 35.4 Å². The van der Waals surface area contributed by atoms with Gasteiger partial charge in [-0.05, 0) is 90.7 Å². The van der Waals surface area contributed by atoms with Gasteiger partial charge in [0.15, 0.2) is 0 Å². The quantitative estimate of drug-likeness (QED) is 0.103. The monoisotopic (exact) mass is 838 g/mol. The second kappa shape index (κ2) is 22.7. The van der Waals surface area contributed by atoms with Gasteiger partial charge in [-0.15, -0.1) is 0 Å². The van der Waals surface area contributed by atoms with Crippen molar-refractivity contribution in [1.82, 2.24) is 41.7 Å². The molecule has 0 saturated carbocycles. The number of carbonyl (C=O) groups excluding carboxylic acids is 6. The van der Waals surface area contributed by atoms with Crippen molar-refractivity contribution in [2.75, 3.05) is 68.7 Å². The summed E-state index contributed by atoms with van der Waals surface area (Å²) < 4.78 is 21.6. The molecule has 60 heavy (non-hydrogen) atoms. The summed E-state index contributed by atoms with van der Waals surface area (Å²) in [6.45, 7) is 4.39. The second-order valence-electron chi connectivity index (χ2n) is 14.9. The van der Waals surface area contributed by atoms with Gasteiger partial charge < -0.3 is 60.6 Å². The van der Waals surface area contributed by atoms with E-state index in [-0.39, 0.29) is 61.0 Å². The normalized spacial score (nSPS) is 18.1. The van der Waals surface area contributed by atoms with E-state index in [9.17, 15) is 28.8 Å². The van der Waals surface area contributed by atoms with E-state index in [4.69, 9.17) is 18.9 Å². The Hall–Kier alpha value is -5.62. The van der Waals surface area contributed by atoms with Gasteiger partial charge in [-0.2, -0.15) is 0 Å². The number of nitrogens with one attached hydrogen (secondary N) is 6. The molecule has 0 radical (unpaired) electrons. The van der Waals surface area contributed by atoms with Crippen molar-refractivity contribution < 1.29 is 47.7 Å². The van der Waals surface area contributed by atoms with Crippen LogP contribution in [-0.4, -0.2) is 150 Å². The first-order chi connectivity index (χ1) is 28.8. The number of benzene rings is 2. The van der Waals surface area contributed by atoms with Gasteiger partial charge in [0.05, 0.1) is 40.5 Å². The average molecular weight is 839 g/mol. The van der Waals surface area contributed by atoms with Gasteiger partial charge in [0, 0.05) is 38.3 Å². The van der Waals surface area contributed by atoms with E-state index in [1.807, 2.05) is 0 Å². The number of hydrogen-bond acceptors (Lipinski definition) is 12. The molecule has 2 aliphatic heterocycles. The van der Waals surface area contributed by atoms with Crippen molar-refractivity contribution in [3.63, 3.8) is 0 Å². The van der Waals surface area contributed by atoms with Gasteiger partial charge in [-0.1, -0.05) is 12.1 Å². The maximum atomic E-state index is 14.4. The summed E-state index contributed by atoms with van der Waals surface area (Å²) in [4.78, 5) is 85.6. The fourth-order valence-corrected chi connectivity index (χ4v) is 7.53. The van der Waals surface area contributed by atoms with E-state index in [1.54, 1.807) is 74.1 Å². The largest absolute Gasteiger partial charge is 0.496 e. The van der Waals surface area contributed by atoms with Gasteiger partial charge in [-0.3, -0.25) is 28.8 Å². The van der Waals surface area contributed by atoms with Gasteiger partial charge in [0.25, 0.3) is 11.8 Å². The number of likely N-dealkylation sites (tertiary alicyclic amines) is 2. The summed E-state index contributed by atoms with van der Waals surface area (Å²) in [5.41, 5.74) is 0.461. The molecule has 2 aromatic rings. The molecule has 2 aromatic carbocycles. The van der Waals surface area contributed by atoms with Crippen molar-refractivity contribution in [3.05, 3.63) is 47.5 Å². The van der Waals surface area contributed by atoms with Gasteiger partial charge in [0.2, 0.25) is 23.6 Å². The fraction of sp³-hybridized carbons (Fsp3) is 0.571. The molecule has 2 aliphatic rings. The summed E-state index contributed by atoms with van der Waals surface area (Å²) in [6.07, 6.45) is 2.60. The van der Waals surface area contributed by atoms with E-state index in [2.05, 4.69) is 31.9 Å². The molecule has 6 atom stereocenters. The molecule has 2 heterocycles. The highest BCUT2D eigenvalue weighted by atomic mass is 16.5. The molecular formula is C42H62N8O10. The molecule has 18 heteroatoms. The van der Waals surface area contributed by atoms with E-state index in [1.165, 1.54) is 28.4 Å².